The van der Waals surface area contributed by atoms with E-state index in [0.29, 0.717) is 5.69 Å². The topological polar surface area (TPSA) is 35.2 Å². The molecule has 0 aliphatic heterocycles. The van der Waals surface area contributed by atoms with Gasteiger partial charge in [0.1, 0.15) is 5.75 Å². The van der Waals surface area contributed by atoms with Gasteiger partial charge >= 0.3 is 0 Å². The highest BCUT2D eigenvalue weighted by Gasteiger charge is 2.20. The van der Waals surface area contributed by atoms with Gasteiger partial charge in [-0.1, -0.05) is 52.0 Å². The Morgan fingerprint density at radius 2 is 1.76 bits per heavy atom. The number of nitrogens with two attached hydrogens (primary N) is 1. The molecule has 2 aromatic rings. The summed E-state index contributed by atoms with van der Waals surface area (Å²) in [7, 11) is 0. The van der Waals surface area contributed by atoms with Crippen molar-refractivity contribution in [2.75, 3.05) is 5.73 Å². The molecule has 2 nitrogen and oxygen atoms in total. The third kappa shape index (κ3) is 3.38. The van der Waals surface area contributed by atoms with Gasteiger partial charge in [0, 0.05) is 5.56 Å². The van der Waals surface area contributed by atoms with Gasteiger partial charge < -0.3 is 10.5 Å². The number of ether oxygens (including phenoxy) is 1. The SMILES string of the molecule is CCc1ccc(Oc2cccc(C)c2N)c(C(C)(C)C)c1. The van der Waals surface area contributed by atoms with Crippen LogP contribution in [0.3, 0.4) is 0 Å². The molecule has 0 saturated carbocycles. The lowest BCUT2D eigenvalue weighted by molar-refractivity contribution is 0.456. The van der Waals surface area contributed by atoms with E-state index in [0.717, 1.165) is 23.5 Å². The van der Waals surface area contributed by atoms with Crippen LogP contribution in [-0.4, -0.2) is 0 Å². The third-order valence-corrected chi connectivity index (χ3v) is 3.76. The van der Waals surface area contributed by atoms with Gasteiger partial charge in [0.05, 0.1) is 5.69 Å². The van der Waals surface area contributed by atoms with E-state index in [1.807, 2.05) is 25.1 Å². The molecule has 2 aromatic carbocycles. The lowest BCUT2D eigenvalue weighted by atomic mass is 9.85. The fraction of sp³-hybridized carbons (Fsp3) is 0.368. The molecule has 0 bridgehead atoms. The average Bonchev–Trinajstić information content (AvgIpc) is 2.43. The summed E-state index contributed by atoms with van der Waals surface area (Å²) in [6, 6.07) is 12.3. The van der Waals surface area contributed by atoms with Crippen LogP contribution in [0.15, 0.2) is 36.4 Å². The van der Waals surface area contributed by atoms with Crippen molar-refractivity contribution in [2.45, 2.75) is 46.5 Å². The van der Waals surface area contributed by atoms with E-state index in [9.17, 15) is 0 Å². The first-order valence-corrected chi connectivity index (χ1v) is 7.49. The Kier molecular flexibility index (Phi) is 4.26. The number of hydrogen-bond acceptors (Lipinski definition) is 2. The van der Waals surface area contributed by atoms with Gasteiger partial charge in [0.25, 0.3) is 0 Å². The Morgan fingerprint density at radius 3 is 2.38 bits per heavy atom. The van der Waals surface area contributed by atoms with Crippen LogP contribution in [0.25, 0.3) is 0 Å². The molecule has 0 aliphatic rings. The van der Waals surface area contributed by atoms with E-state index in [1.54, 1.807) is 0 Å². The van der Waals surface area contributed by atoms with Crippen molar-refractivity contribution in [3.63, 3.8) is 0 Å². The summed E-state index contributed by atoms with van der Waals surface area (Å²) >= 11 is 0. The van der Waals surface area contributed by atoms with Gasteiger partial charge in [-0.15, -0.1) is 0 Å². The van der Waals surface area contributed by atoms with Gasteiger partial charge in [-0.05, 0) is 42.0 Å². The Morgan fingerprint density at radius 1 is 1.05 bits per heavy atom. The quantitative estimate of drug-likeness (QED) is 0.783. The minimum Gasteiger partial charge on any atom is -0.455 e. The zero-order valence-electron chi connectivity index (χ0n) is 13.7. The van der Waals surface area contributed by atoms with Crippen molar-refractivity contribution in [1.29, 1.82) is 0 Å². The van der Waals surface area contributed by atoms with Crippen molar-refractivity contribution < 1.29 is 4.74 Å². The minimum absolute atomic E-state index is 0.0269. The van der Waals surface area contributed by atoms with Crippen molar-refractivity contribution >= 4 is 5.69 Å². The molecule has 0 aliphatic carbocycles. The van der Waals surface area contributed by atoms with Gasteiger partial charge in [-0.3, -0.25) is 0 Å². The van der Waals surface area contributed by atoms with E-state index in [4.69, 9.17) is 10.5 Å². The number of para-hydroxylation sites is 1. The molecule has 0 radical (unpaired) electrons. The molecule has 0 saturated heterocycles. The molecule has 2 N–H and O–H groups in total. The summed E-state index contributed by atoms with van der Waals surface area (Å²) in [5, 5.41) is 0. The summed E-state index contributed by atoms with van der Waals surface area (Å²) in [6.45, 7) is 10.8. The van der Waals surface area contributed by atoms with Crippen LogP contribution < -0.4 is 10.5 Å². The Hall–Kier alpha value is -1.96. The minimum atomic E-state index is 0.0269. The van der Waals surface area contributed by atoms with Crippen molar-refractivity contribution in [2.24, 2.45) is 0 Å². The number of anilines is 1. The predicted octanol–water partition coefficient (Wildman–Crippen LogP) is 5.23. The summed E-state index contributed by atoms with van der Waals surface area (Å²) in [5.74, 6) is 1.61. The average molecular weight is 283 g/mol. The van der Waals surface area contributed by atoms with Crippen LogP contribution in [0.2, 0.25) is 0 Å². The van der Waals surface area contributed by atoms with Gasteiger partial charge in [-0.25, -0.2) is 0 Å². The smallest absolute Gasteiger partial charge is 0.150 e. The summed E-state index contributed by atoms with van der Waals surface area (Å²) in [5.41, 5.74) is 10.4. The highest BCUT2D eigenvalue weighted by atomic mass is 16.5. The number of aryl methyl sites for hydroxylation is 2. The second-order valence-electron chi connectivity index (χ2n) is 6.52. The maximum atomic E-state index is 6.12. The number of benzene rings is 2. The molecule has 0 heterocycles. The molecule has 21 heavy (non-hydrogen) atoms. The first kappa shape index (κ1) is 15.4. The Balaban J connectivity index is 2.46. The highest BCUT2D eigenvalue weighted by Crippen LogP contribution is 2.37. The number of hydrogen-bond donors (Lipinski definition) is 1. The standard InChI is InChI=1S/C19H25NO/c1-6-14-10-11-16(15(12-14)19(3,4)5)21-17-9-7-8-13(2)18(17)20/h7-12H,6,20H2,1-5H3. The molecule has 0 atom stereocenters. The third-order valence-electron chi connectivity index (χ3n) is 3.76. The maximum Gasteiger partial charge on any atom is 0.150 e. The summed E-state index contributed by atoms with van der Waals surface area (Å²) in [4.78, 5) is 0. The highest BCUT2D eigenvalue weighted by molar-refractivity contribution is 5.59. The van der Waals surface area contributed by atoms with Crippen molar-refractivity contribution in [1.82, 2.24) is 0 Å². The lowest BCUT2D eigenvalue weighted by Gasteiger charge is -2.24. The maximum absolute atomic E-state index is 6.12. The predicted molar refractivity (Wildman–Crippen MR) is 90.2 cm³/mol. The van der Waals surface area contributed by atoms with E-state index < -0.39 is 0 Å². The Bertz CT molecular complexity index is 638. The van der Waals surface area contributed by atoms with Crippen LogP contribution in [0.1, 0.15) is 44.4 Å². The molecule has 0 aromatic heterocycles. The normalized spacial score (nSPS) is 11.5. The molecule has 112 valence electrons. The van der Waals surface area contributed by atoms with Gasteiger partial charge in [-0.2, -0.15) is 0 Å². The molecule has 0 amide bonds. The Labute approximate surface area is 127 Å². The van der Waals surface area contributed by atoms with Crippen LogP contribution >= 0.6 is 0 Å². The second-order valence-corrected chi connectivity index (χ2v) is 6.52. The van der Waals surface area contributed by atoms with Gasteiger partial charge in [0.2, 0.25) is 0 Å². The first-order chi connectivity index (χ1) is 9.82. The van der Waals surface area contributed by atoms with Crippen LogP contribution in [0.4, 0.5) is 5.69 Å². The number of nitrogen functional groups attached to an aromatic ring is 1. The molecule has 2 heteroatoms. The lowest BCUT2D eigenvalue weighted by Crippen LogP contribution is -2.13. The fourth-order valence-electron chi connectivity index (χ4n) is 2.33. The van der Waals surface area contributed by atoms with E-state index in [-0.39, 0.29) is 5.41 Å². The molecular weight excluding hydrogens is 258 g/mol. The fourth-order valence-corrected chi connectivity index (χ4v) is 2.33. The van der Waals surface area contributed by atoms with Crippen LogP contribution in [0.5, 0.6) is 11.5 Å². The van der Waals surface area contributed by atoms with Crippen LogP contribution in [0, 0.1) is 6.92 Å². The van der Waals surface area contributed by atoms with Crippen molar-refractivity contribution in [3.8, 4) is 11.5 Å². The zero-order chi connectivity index (χ0) is 15.6. The molecule has 2 rings (SSSR count). The summed E-state index contributed by atoms with van der Waals surface area (Å²) in [6.07, 6.45) is 1.02. The van der Waals surface area contributed by atoms with E-state index >= 15 is 0 Å². The molecule has 0 spiro atoms. The number of rotatable bonds is 3. The van der Waals surface area contributed by atoms with E-state index in [1.165, 1.54) is 11.1 Å². The zero-order valence-corrected chi connectivity index (χ0v) is 13.7. The van der Waals surface area contributed by atoms with Crippen molar-refractivity contribution in [3.05, 3.63) is 53.1 Å². The van der Waals surface area contributed by atoms with Gasteiger partial charge in [0.15, 0.2) is 5.75 Å². The first-order valence-electron chi connectivity index (χ1n) is 7.49. The molecule has 0 unspecified atom stereocenters. The summed E-state index contributed by atoms with van der Waals surface area (Å²) < 4.78 is 6.12. The monoisotopic (exact) mass is 283 g/mol. The molecular formula is C19H25NO. The molecule has 0 fully saturated rings. The van der Waals surface area contributed by atoms with Crippen LogP contribution in [-0.2, 0) is 11.8 Å². The second kappa shape index (κ2) is 5.80. The van der Waals surface area contributed by atoms with E-state index in [2.05, 4.69) is 45.9 Å². The largest absolute Gasteiger partial charge is 0.455 e.